The third-order valence-corrected chi connectivity index (χ3v) is 4.90. The van der Waals surface area contributed by atoms with Crippen LogP contribution in [0.2, 0.25) is 0 Å². The van der Waals surface area contributed by atoms with Gasteiger partial charge in [-0.25, -0.2) is 9.18 Å². The molecule has 0 radical (unpaired) electrons. The van der Waals surface area contributed by atoms with Gasteiger partial charge in [-0.15, -0.1) is 11.8 Å². The van der Waals surface area contributed by atoms with Crippen LogP contribution in [0, 0.1) is 12.7 Å². The van der Waals surface area contributed by atoms with Crippen LogP contribution in [0.15, 0.2) is 47.4 Å². The van der Waals surface area contributed by atoms with E-state index in [1.165, 1.54) is 30.0 Å². The second-order valence-electron chi connectivity index (χ2n) is 5.72. The van der Waals surface area contributed by atoms with Crippen LogP contribution in [-0.2, 0) is 9.59 Å². The summed E-state index contributed by atoms with van der Waals surface area (Å²) in [5, 5.41) is 11.4. The molecule has 1 amide bonds. The van der Waals surface area contributed by atoms with Crippen LogP contribution in [0.3, 0.4) is 0 Å². The molecular formula is C19H20FNO4S. The second kappa shape index (κ2) is 8.71. The third-order valence-electron chi connectivity index (χ3n) is 3.79. The van der Waals surface area contributed by atoms with E-state index in [-0.39, 0.29) is 0 Å². The zero-order valence-corrected chi connectivity index (χ0v) is 15.5. The molecule has 0 aromatic heterocycles. The molecule has 2 atom stereocenters. The number of carboxylic acid groups (broad SMARTS) is 1. The summed E-state index contributed by atoms with van der Waals surface area (Å²) >= 11 is 1.30. The van der Waals surface area contributed by atoms with Crippen LogP contribution in [0.1, 0.15) is 24.1 Å². The number of carboxylic acids is 1. The van der Waals surface area contributed by atoms with E-state index in [1.54, 1.807) is 33.1 Å². The summed E-state index contributed by atoms with van der Waals surface area (Å²) in [6.07, 6.45) is 0. The van der Waals surface area contributed by atoms with Crippen molar-refractivity contribution >= 4 is 23.6 Å². The number of carbonyl (C=O) groups is 2. The number of carbonyl (C=O) groups excluding carboxylic acids is 1. The molecule has 26 heavy (non-hydrogen) atoms. The standard InChI is InChI=1S/C19H20FNO4S/c1-11-10-13(4-9-16(11)20)17(19(23)24)21-18(22)12(2)26-15-7-5-14(25-3)6-8-15/h4-10,12,17H,1-3H3,(H,21,22)(H,23,24). The molecule has 2 unspecified atom stereocenters. The van der Waals surface area contributed by atoms with E-state index in [0.717, 1.165) is 4.90 Å². The molecule has 2 rings (SSSR count). The number of amides is 1. The lowest BCUT2D eigenvalue weighted by Crippen LogP contribution is -2.38. The van der Waals surface area contributed by atoms with Gasteiger partial charge >= 0.3 is 5.97 Å². The van der Waals surface area contributed by atoms with E-state index in [2.05, 4.69) is 5.32 Å². The zero-order chi connectivity index (χ0) is 19.3. The van der Waals surface area contributed by atoms with Gasteiger partial charge in [-0.1, -0.05) is 12.1 Å². The molecule has 2 N–H and O–H groups in total. The van der Waals surface area contributed by atoms with Crippen LogP contribution in [-0.4, -0.2) is 29.3 Å². The highest BCUT2D eigenvalue weighted by Crippen LogP contribution is 2.26. The zero-order valence-electron chi connectivity index (χ0n) is 14.7. The maximum absolute atomic E-state index is 13.4. The van der Waals surface area contributed by atoms with Gasteiger partial charge in [0.1, 0.15) is 11.6 Å². The fourth-order valence-corrected chi connectivity index (χ4v) is 3.18. The lowest BCUT2D eigenvalue weighted by atomic mass is 10.0. The number of hydrogen-bond acceptors (Lipinski definition) is 4. The van der Waals surface area contributed by atoms with Crippen molar-refractivity contribution in [1.29, 1.82) is 0 Å². The van der Waals surface area contributed by atoms with Gasteiger partial charge in [0.15, 0.2) is 6.04 Å². The topological polar surface area (TPSA) is 75.6 Å². The van der Waals surface area contributed by atoms with Crippen molar-refractivity contribution in [3.8, 4) is 5.75 Å². The number of nitrogens with one attached hydrogen (secondary N) is 1. The number of rotatable bonds is 7. The van der Waals surface area contributed by atoms with E-state index < -0.39 is 29.0 Å². The maximum atomic E-state index is 13.4. The molecule has 0 heterocycles. The average molecular weight is 377 g/mol. The van der Waals surface area contributed by atoms with Gasteiger partial charge in [0.25, 0.3) is 0 Å². The molecule has 0 bridgehead atoms. The van der Waals surface area contributed by atoms with Crippen LogP contribution >= 0.6 is 11.8 Å². The van der Waals surface area contributed by atoms with E-state index in [1.807, 2.05) is 12.1 Å². The molecule has 138 valence electrons. The second-order valence-corrected chi connectivity index (χ2v) is 7.14. The molecule has 0 aliphatic heterocycles. The molecule has 2 aromatic carbocycles. The number of thioether (sulfide) groups is 1. The Balaban J connectivity index is 2.08. The number of hydrogen-bond donors (Lipinski definition) is 2. The minimum atomic E-state index is -1.24. The van der Waals surface area contributed by atoms with Crippen molar-refractivity contribution in [3.63, 3.8) is 0 Å². The molecule has 0 saturated carbocycles. The van der Waals surface area contributed by atoms with E-state index in [9.17, 15) is 19.1 Å². The number of aliphatic carboxylic acids is 1. The highest BCUT2D eigenvalue weighted by atomic mass is 32.2. The molecule has 7 heteroatoms. The lowest BCUT2D eigenvalue weighted by molar-refractivity contribution is -0.141. The van der Waals surface area contributed by atoms with Gasteiger partial charge in [0, 0.05) is 4.90 Å². The van der Waals surface area contributed by atoms with Crippen LogP contribution in [0.5, 0.6) is 5.75 Å². The van der Waals surface area contributed by atoms with Crippen molar-refractivity contribution in [2.24, 2.45) is 0 Å². The Labute approximate surface area is 155 Å². The highest BCUT2D eigenvalue weighted by Gasteiger charge is 2.25. The van der Waals surface area contributed by atoms with Gasteiger partial charge in [-0.3, -0.25) is 4.79 Å². The Morgan fingerprint density at radius 3 is 2.38 bits per heavy atom. The van der Waals surface area contributed by atoms with Crippen molar-refractivity contribution in [1.82, 2.24) is 5.32 Å². The average Bonchev–Trinajstić information content (AvgIpc) is 2.62. The summed E-state index contributed by atoms with van der Waals surface area (Å²) in [5.74, 6) is -1.33. The minimum Gasteiger partial charge on any atom is -0.497 e. The van der Waals surface area contributed by atoms with Crippen LogP contribution in [0.25, 0.3) is 0 Å². The maximum Gasteiger partial charge on any atom is 0.330 e. The summed E-state index contributed by atoms with van der Waals surface area (Å²) in [5.41, 5.74) is 0.648. The van der Waals surface area contributed by atoms with Gasteiger partial charge in [-0.05, 0) is 55.3 Å². The van der Waals surface area contributed by atoms with Crippen LogP contribution in [0.4, 0.5) is 4.39 Å². The quantitative estimate of drug-likeness (QED) is 0.722. The van der Waals surface area contributed by atoms with Crippen molar-refractivity contribution in [2.45, 2.75) is 30.0 Å². The summed E-state index contributed by atoms with van der Waals surface area (Å²) < 4.78 is 18.5. The van der Waals surface area contributed by atoms with Gasteiger partial charge < -0.3 is 15.2 Å². The largest absolute Gasteiger partial charge is 0.497 e. The third kappa shape index (κ3) is 4.98. The first-order chi connectivity index (χ1) is 12.3. The number of halogens is 1. The number of ether oxygens (including phenoxy) is 1. The fourth-order valence-electron chi connectivity index (χ4n) is 2.31. The molecule has 0 aliphatic carbocycles. The van der Waals surface area contributed by atoms with Crippen LogP contribution < -0.4 is 10.1 Å². The normalized spacial score (nSPS) is 12.9. The fraction of sp³-hybridized carbons (Fsp3) is 0.263. The Hall–Kier alpha value is -2.54. The van der Waals surface area contributed by atoms with Gasteiger partial charge in [-0.2, -0.15) is 0 Å². The first-order valence-electron chi connectivity index (χ1n) is 7.91. The Morgan fingerprint density at radius 1 is 1.19 bits per heavy atom. The van der Waals surface area contributed by atoms with Gasteiger partial charge in [0.05, 0.1) is 12.4 Å². The van der Waals surface area contributed by atoms with E-state index >= 15 is 0 Å². The van der Waals surface area contributed by atoms with Crippen molar-refractivity contribution in [2.75, 3.05) is 7.11 Å². The Bertz CT molecular complexity index is 795. The summed E-state index contributed by atoms with van der Waals surface area (Å²) in [7, 11) is 1.57. The molecule has 0 spiro atoms. The smallest absolute Gasteiger partial charge is 0.330 e. The first-order valence-corrected chi connectivity index (χ1v) is 8.79. The summed E-state index contributed by atoms with van der Waals surface area (Å²) in [6.45, 7) is 3.24. The summed E-state index contributed by atoms with van der Waals surface area (Å²) in [4.78, 5) is 24.8. The number of benzene rings is 2. The molecular weight excluding hydrogens is 357 g/mol. The minimum absolute atomic E-state index is 0.323. The molecule has 5 nitrogen and oxygen atoms in total. The van der Waals surface area contributed by atoms with E-state index in [0.29, 0.717) is 16.9 Å². The highest BCUT2D eigenvalue weighted by molar-refractivity contribution is 8.00. The monoisotopic (exact) mass is 377 g/mol. The first kappa shape index (κ1) is 19.8. The molecule has 0 fully saturated rings. The lowest BCUT2D eigenvalue weighted by Gasteiger charge is -2.18. The Kier molecular flexibility index (Phi) is 6.63. The van der Waals surface area contributed by atoms with Crippen molar-refractivity contribution in [3.05, 3.63) is 59.4 Å². The van der Waals surface area contributed by atoms with Gasteiger partial charge in [0.2, 0.25) is 5.91 Å². The predicted molar refractivity (Wildman–Crippen MR) is 98.0 cm³/mol. The molecule has 0 saturated heterocycles. The SMILES string of the molecule is COc1ccc(SC(C)C(=O)NC(C(=O)O)c2ccc(F)c(C)c2)cc1. The van der Waals surface area contributed by atoms with E-state index in [4.69, 9.17) is 4.74 Å². The predicted octanol–water partition coefficient (Wildman–Crippen LogP) is 3.57. The molecule has 2 aromatic rings. The number of aryl methyl sites for hydroxylation is 1. The molecule has 0 aliphatic rings. The van der Waals surface area contributed by atoms with Crippen molar-refractivity contribution < 1.29 is 23.8 Å². The Morgan fingerprint density at radius 2 is 1.85 bits per heavy atom. The number of methoxy groups -OCH3 is 1. The summed E-state index contributed by atoms with van der Waals surface area (Å²) in [6, 6.07) is 9.97.